The van der Waals surface area contributed by atoms with E-state index in [4.69, 9.17) is 23.2 Å². The van der Waals surface area contributed by atoms with Crippen LogP contribution in [-0.2, 0) is 0 Å². The molecule has 1 aliphatic carbocycles. The first-order chi connectivity index (χ1) is 9.13. The van der Waals surface area contributed by atoms with Gasteiger partial charge in [0.2, 0.25) is 0 Å². The highest BCUT2D eigenvalue weighted by molar-refractivity contribution is 7.99. The number of hydrogen-bond donors (Lipinski definition) is 1. The van der Waals surface area contributed by atoms with E-state index < -0.39 is 0 Å². The molecular formula is C15H21Cl2NS. The normalized spacial score (nSPS) is 24.6. The monoisotopic (exact) mass is 317 g/mol. The maximum atomic E-state index is 6.11. The summed E-state index contributed by atoms with van der Waals surface area (Å²) in [7, 11) is 0. The average molecular weight is 318 g/mol. The number of nitrogens with one attached hydrogen (secondary N) is 1. The van der Waals surface area contributed by atoms with E-state index in [1.165, 1.54) is 24.8 Å². The van der Waals surface area contributed by atoms with Crippen molar-refractivity contribution in [1.82, 2.24) is 5.32 Å². The summed E-state index contributed by atoms with van der Waals surface area (Å²) in [5.41, 5.74) is 1.24. The van der Waals surface area contributed by atoms with Crippen molar-refractivity contribution >= 4 is 35.0 Å². The Morgan fingerprint density at radius 2 is 2.11 bits per heavy atom. The molecule has 0 aliphatic heterocycles. The molecule has 3 unspecified atom stereocenters. The predicted octanol–water partition coefficient (Wildman–Crippen LogP) is 5.32. The molecule has 1 fully saturated rings. The van der Waals surface area contributed by atoms with Crippen molar-refractivity contribution in [3.05, 3.63) is 33.8 Å². The van der Waals surface area contributed by atoms with Crippen LogP contribution >= 0.6 is 35.0 Å². The predicted molar refractivity (Wildman–Crippen MR) is 87.6 cm³/mol. The molecule has 0 heterocycles. The Bertz CT molecular complexity index is 425. The highest BCUT2D eigenvalue weighted by Crippen LogP contribution is 2.32. The van der Waals surface area contributed by atoms with Gasteiger partial charge in [-0.15, -0.1) is 0 Å². The highest BCUT2D eigenvalue weighted by atomic mass is 35.5. The van der Waals surface area contributed by atoms with Gasteiger partial charge in [0.1, 0.15) is 0 Å². The molecule has 0 bridgehead atoms. The largest absolute Gasteiger partial charge is 0.307 e. The van der Waals surface area contributed by atoms with Gasteiger partial charge in [-0.25, -0.2) is 0 Å². The third kappa shape index (κ3) is 4.04. The van der Waals surface area contributed by atoms with Crippen molar-refractivity contribution in [2.24, 2.45) is 0 Å². The van der Waals surface area contributed by atoms with Crippen molar-refractivity contribution in [2.75, 3.05) is 6.26 Å². The molecule has 1 saturated carbocycles. The van der Waals surface area contributed by atoms with E-state index >= 15 is 0 Å². The van der Waals surface area contributed by atoms with Gasteiger partial charge in [-0.05, 0) is 49.6 Å². The average Bonchev–Trinajstić information content (AvgIpc) is 2.87. The lowest BCUT2D eigenvalue weighted by atomic mass is 10.0. The summed E-state index contributed by atoms with van der Waals surface area (Å²) in [6, 6.07) is 6.97. The maximum absolute atomic E-state index is 6.11. The van der Waals surface area contributed by atoms with Crippen molar-refractivity contribution < 1.29 is 0 Å². The molecule has 0 spiro atoms. The van der Waals surface area contributed by atoms with Gasteiger partial charge in [0.25, 0.3) is 0 Å². The van der Waals surface area contributed by atoms with E-state index in [0.717, 1.165) is 11.7 Å². The Balaban J connectivity index is 2.01. The molecule has 0 amide bonds. The number of rotatable bonds is 5. The molecule has 1 nitrogen and oxygen atoms in total. The Morgan fingerprint density at radius 1 is 1.32 bits per heavy atom. The van der Waals surface area contributed by atoms with E-state index in [9.17, 15) is 0 Å². The lowest BCUT2D eigenvalue weighted by Crippen LogP contribution is -2.30. The van der Waals surface area contributed by atoms with Crippen LogP contribution in [0, 0.1) is 0 Å². The van der Waals surface area contributed by atoms with Gasteiger partial charge in [0.15, 0.2) is 0 Å². The van der Waals surface area contributed by atoms with Crippen molar-refractivity contribution in [3.63, 3.8) is 0 Å². The molecule has 1 N–H and O–H groups in total. The molecule has 3 atom stereocenters. The first-order valence-corrected chi connectivity index (χ1v) is 8.92. The second-order valence-electron chi connectivity index (χ2n) is 5.17. The third-order valence-corrected chi connectivity index (χ3v) is 5.74. The molecule has 19 heavy (non-hydrogen) atoms. The van der Waals surface area contributed by atoms with Crippen LogP contribution in [0.3, 0.4) is 0 Å². The molecule has 106 valence electrons. The topological polar surface area (TPSA) is 12.0 Å². The summed E-state index contributed by atoms with van der Waals surface area (Å²) in [5, 5.41) is 5.88. The van der Waals surface area contributed by atoms with Crippen LogP contribution in [0.25, 0.3) is 0 Å². The third-order valence-electron chi connectivity index (χ3n) is 3.91. The fourth-order valence-electron chi connectivity index (χ4n) is 2.77. The zero-order chi connectivity index (χ0) is 13.8. The van der Waals surface area contributed by atoms with Gasteiger partial charge in [-0.3, -0.25) is 0 Å². The van der Waals surface area contributed by atoms with Crippen LogP contribution in [0.1, 0.15) is 44.2 Å². The van der Waals surface area contributed by atoms with Gasteiger partial charge in [0.05, 0.1) is 10.0 Å². The van der Waals surface area contributed by atoms with Gasteiger partial charge in [0, 0.05) is 17.3 Å². The lowest BCUT2D eigenvalue weighted by molar-refractivity contribution is 0.431. The van der Waals surface area contributed by atoms with Crippen LogP contribution in [0.15, 0.2) is 18.2 Å². The summed E-state index contributed by atoms with van der Waals surface area (Å²) >= 11 is 14.1. The van der Waals surface area contributed by atoms with Crippen molar-refractivity contribution in [2.45, 2.75) is 49.9 Å². The van der Waals surface area contributed by atoms with Crippen LogP contribution in [0.2, 0.25) is 10.0 Å². The smallest absolute Gasteiger partial charge is 0.0595 e. The SMILES string of the molecule is CCC(NC1CCC(SC)C1)c1ccc(Cl)c(Cl)c1. The minimum atomic E-state index is 0.375. The second kappa shape index (κ2) is 7.21. The fourth-order valence-corrected chi connectivity index (χ4v) is 3.87. The van der Waals surface area contributed by atoms with E-state index in [1.54, 1.807) is 0 Å². The molecule has 2 rings (SSSR count). The van der Waals surface area contributed by atoms with Crippen LogP contribution in [0.4, 0.5) is 0 Å². The van der Waals surface area contributed by atoms with E-state index in [-0.39, 0.29) is 0 Å². The summed E-state index contributed by atoms with van der Waals surface area (Å²) in [5.74, 6) is 0. The quantitative estimate of drug-likeness (QED) is 0.789. The van der Waals surface area contributed by atoms with Crippen molar-refractivity contribution in [1.29, 1.82) is 0 Å². The van der Waals surface area contributed by atoms with Gasteiger partial charge in [-0.2, -0.15) is 11.8 Å². The Kier molecular flexibility index (Phi) is 5.88. The van der Waals surface area contributed by atoms with Crippen molar-refractivity contribution in [3.8, 4) is 0 Å². The molecule has 4 heteroatoms. The number of thioether (sulfide) groups is 1. The zero-order valence-corrected chi connectivity index (χ0v) is 13.8. The first kappa shape index (κ1) is 15.5. The van der Waals surface area contributed by atoms with Crippen LogP contribution in [0.5, 0.6) is 0 Å². The molecule has 0 saturated heterocycles. The minimum Gasteiger partial charge on any atom is -0.307 e. The summed E-state index contributed by atoms with van der Waals surface area (Å²) in [6.07, 6.45) is 7.17. The summed E-state index contributed by atoms with van der Waals surface area (Å²) < 4.78 is 0. The summed E-state index contributed by atoms with van der Waals surface area (Å²) in [4.78, 5) is 0. The molecule has 1 aliphatic rings. The number of hydrogen-bond acceptors (Lipinski definition) is 2. The lowest BCUT2D eigenvalue weighted by Gasteiger charge is -2.23. The molecule has 0 radical (unpaired) electrons. The Hall–Kier alpha value is 0.110. The molecular weight excluding hydrogens is 297 g/mol. The Labute approximate surface area is 130 Å². The molecule has 1 aromatic rings. The van der Waals surface area contributed by atoms with Crippen LogP contribution < -0.4 is 5.32 Å². The summed E-state index contributed by atoms with van der Waals surface area (Å²) in [6.45, 7) is 2.21. The Morgan fingerprint density at radius 3 is 2.68 bits per heavy atom. The zero-order valence-electron chi connectivity index (χ0n) is 11.5. The van der Waals surface area contributed by atoms with Gasteiger partial charge in [-0.1, -0.05) is 36.2 Å². The van der Waals surface area contributed by atoms with E-state index in [1.807, 2.05) is 23.9 Å². The number of benzene rings is 1. The minimum absolute atomic E-state index is 0.375. The van der Waals surface area contributed by atoms with Gasteiger partial charge < -0.3 is 5.32 Å². The molecule has 1 aromatic carbocycles. The standard InChI is InChI=1S/C15H21Cl2NS/c1-3-15(10-4-7-13(16)14(17)8-10)18-11-5-6-12(9-11)19-2/h4,7-8,11-12,15,18H,3,5-6,9H2,1-2H3. The van der Waals surface area contributed by atoms with E-state index in [2.05, 4.69) is 24.6 Å². The fraction of sp³-hybridized carbons (Fsp3) is 0.600. The van der Waals surface area contributed by atoms with E-state index in [0.29, 0.717) is 22.1 Å². The first-order valence-electron chi connectivity index (χ1n) is 6.87. The maximum Gasteiger partial charge on any atom is 0.0595 e. The highest BCUT2D eigenvalue weighted by Gasteiger charge is 2.25. The second-order valence-corrected chi connectivity index (χ2v) is 7.12. The van der Waals surface area contributed by atoms with Crippen LogP contribution in [-0.4, -0.2) is 17.5 Å². The number of halogens is 2. The molecule has 0 aromatic heterocycles. The van der Waals surface area contributed by atoms with Gasteiger partial charge >= 0.3 is 0 Å².